The molecule has 4 aromatic rings. The van der Waals surface area contributed by atoms with Gasteiger partial charge in [0.2, 0.25) is 0 Å². The van der Waals surface area contributed by atoms with E-state index in [1.54, 1.807) is 11.3 Å². The first kappa shape index (κ1) is 18.5. The number of hydrogen-bond donors (Lipinski definition) is 1. The highest BCUT2D eigenvalue weighted by Crippen LogP contribution is 2.37. The SMILES string of the molecule is CCN(CC)c1ccc(N)cc1-c1nc(-c2c(C)nc3ccc(C)cn23)cs1. The third-order valence-corrected chi connectivity index (χ3v) is 5.92. The van der Waals surface area contributed by atoms with Crippen molar-refractivity contribution in [2.24, 2.45) is 0 Å². The zero-order chi connectivity index (χ0) is 19.8. The summed E-state index contributed by atoms with van der Waals surface area (Å²) in [5.74, 6) is 0. The number of nitrogen functional groups attached to an aromatic ring is 1. The highest BCUT2D eigenvalue weighted by atomic mass is 32.1. The van der Waals surface area contributed by atoms with Crippen LogP contribution in [0.2, 0.25) is 0 Å². The highest BCUT2D eigenvalue weighted by molar-refractivity contribution is 7.13. The molecule has 0 saturated carbocycles. The van der Waals surface area contributed by atoms with Crippen molar-refractivity contribution in [2.75, 3.05) is 23.7 Å². The van der Waals surface area contributed by atoms with Crippen molar-refractivity contribution in [3.05, 3.63) is 53.2 Å². The van der Waals surface area contributed by atoms with E-state index in [1.807, 2.05) is 19.1 Å². The van der Waals surface area contributed by atoms with Crippen LogP contribution in [0.5, 0.6) is 0 Å². The Morgan fingerprint density at radius 2 is 1.86 bits per heavy atom. The van der Waals surface area contributed by atoms with Crippen LogP contribution in [-0.2, 0) is 0 Å². The molecule has 3 aromatic heterocycles. The van der Waals surface area contributed by atoms with E-state index >= 15 is 0 Å². The van der Waals surface area contributed by atoms with Crippen molar-refractivity contribution in [1.29, 1.82) is 0 Å². The van der Waals surface area contributed by atoms with E-state index in [-0.39, 0.29) is 0 Å². The number of pyridine rings is 1. The number of rotatable bonds is 5. The highest BCUT2D eigenvalue weighted by Gasteiger charge is 2.18. The minimum absolute atomic E-state index is 0.754. The van der Waals surface area contributed by atoms with Crippen LogP contribution in [0.1, 0.15) is 25.1 Å². The summed E-state index contributed by atoms with van der Waals surface area (Å²) in [6.45, 7) is 10.4. The van der Waals surface area contributed by atoms with Gasteiger partial charge in [-0.05, 0) is 57.5 Å². The number of nitrogens with two attached hydrogens (primary N) is 1. The van der Waals surface area contributed by atoms with E-state index in [0.717, 1.165) is 52.1 Å². The molecule has 5 nitrogen and oxygen atoms in total. The van der Waals surface area contributed by atoms with E-state index in [4.69, 9.17) is 15.7 Å². The Morgan fingerprint density at radius 1 is 1.07 bits per heavy atom. The molecule has 0 aliphatic carbocycles. The zero-order valence-corrected chi connectivity index (χ0v) is 17.5. The van der Waals surface area contributed by atoms with Gasteiger partial charge in [-0.25, -0.2) is 9.97 Å². The predicted octanol–water partition coefficient (Wildman–Crippen LogP) is 5.17. The van der Waals surface area contributed by atoms with Gasteiger partial charge >= 0.3 is 0 Å². The Kier molecular flexibility index (Phi) is 4.81. The lowest BCUT2D eigenvalue weighted by Gasteiger charge is -2.23. The van der Waals surface area contributed by atoms with E-state index < -0.39 is 0 Å². The molecule has 0 saturated heterocycles. The topological polar surface area (TPSA) is 59.5 Å². The van der Waals surface area contributed by atoms with Gasteiger partial charge in [-0.3, -0.25) is 4.40 Å². The second kappa shape index (κ2) is 7.28. The van der Waals surface area contributed by atoms with Crippen molar-refractivity contribution in [3.63, 3.8) is 0 Å². The summed E-state index contributed by atoms with van der Waals surface area (Å²) < 4.78 is 2.13. The van der Waals surface area contributed by atoms with Crippen LogP contribution in [0, 0.1) is 13.8 Å². The van der Waals surface area contributed by atoms with Crippen molar-refractivity contribution in [1.82, 2.24) is 14.4 Å². The molecule has 3 heterocycles. The molecular weight excluding hydrogens is 366 g/mol. The maximum absolute atomic E-state index is 6.11. The fourth-order valence-electron chi connectivity index (χ4n) is 3.65. The number of aryl methyl sites for hydroxylation is 2. The quantitative estimate of drug-likeness (QED) is 0.477. The molecule has 0 fully saturated rings. The van der Waals surface area contributed by atoms with Crippen molar-refractivity contribution < 1.29 is 0 Å². The molecule has 0 amide bonds. The van der Waals surface area contributed by atoms with Gasteiger partial charge in [-0.1, -0.05) is 6.07 Å². The molecule has 144 valence electrons. The van der Waals surface area contributed by atoms with E-state index in [1.165, 1.54) is 11.3 Å². The maximum atomic E-state index is 6.11. The van der Waals surface area contributed by atoms with Gasteiger partial charge in [-0.2, -0.15) is 0 Å². The van der Waals surface area contributed by atoms with Gasteiger partial charge < -0.3 is 10.6 Å². The number of thiazole rings is 1. The molecule has 0 spiro atoms. The van der Waals surface area contributed by atoms with Crippen molar-refractivity contribution in [2.45, 2.75) is 27.7 Å². The molecule has 0 radical (unpaired) electrons. The molecule has 4 rings (SSSR count). The molecule has 6 heteroatoms. The number of anilines is 2. The Labute approximate surface area is 169 Å². The average Bonchev–Trinajstić information content (AvgIpc) is 3.27. The Balaban J connectivity index is 1.85. The summed E-state index contributed by atoms with van der Waals surface area (Å²) in [5, 5.41) is 3.09. The van der Waals surface area contributed by atoms with Crippen LogP contribution >= 0.6 is 11.3 Å². The standard InChI is InChI=1S/C22H25N5S/c1-5-26(6-2)19-9-8-16(23)11-17(19)22-25-18(13-28-22)21-15(4)24-20-10-7-14(3)12-27(20)21/h7-13H,5-6,23H2,1-4H3. The first-order chi connectivity index (χ1) is 13.5. The largest absolute Gasteiger partial charge is 0.399 e. The average molecular weight is 392 g/mol. The summed E-state index contributed by atoms with van der Waals surface area (Å²) in [6.07, 6.45) is 2.12. The Hall–Kier alpha value is -2.86. The van der Waals surface area contributed by atoms with E-state index in [0.29, 0.717) is 0 Å². The van der Waals surface area contributed by atoms with E-state index in [2.05, 4.69) is 59.8 Å². The molecule has 2 N–H and O–H groups in total. The summed E-state index contributed by atoms with van der Waals surface area (Å²) in [5.41, 5.74) is 14.2. The monoisotopic (exact) mass is 391 g/mol. The summed E-state index contributed by atoms with van der Waals surface area (Å²) in [7, 11) is 0. The number of aromatic nitrogens is 3. The predicted molar refractivity (Wildman–Crippen MR) is 119 cm³/mol. The number of fused-ring (bicyclic) bond motifs is 1. The van der Waals surface area contributed by atoms with Crippen LogP contribution in [0.15, 0.2) is 41.9 Å². The van der Waals surface area contributed by atoms with E-state index in [9.17, 15) is 0 Å². The van der Waals surface area contributed by atoms with Gasteiger partial charge in [0.15, 0.2) is 0 Å². The number of hydrogen-bond acceptors (Lipinski definition) is 5. The first-order valence-corrected chi connectivity index (χ1v) is 10.5. The third kappa shape index (κ3) is 3.14. The second-order valence-electron chi connectivity index (χ2n) is 6.97. The lowest BCUT2D eigenvalue weighted by Crippen LogP contribution is -2.22. The smallest absolute Gasteiger partial charge is 0.137 e. The van der Waals surface area contributed by atoms with Crippen molar-refractivity contribution >= 4 is 28.4 Å². The normalized spacial score (nSPS) is 11.3. The van der Waals surface area contributed by atoms with Crippen LogP contribution in [0.4, 0.5) is 11.4 Å². The molecular formula is C22H25N5S. The minimum Gasteiger partial charge on any atom is -0.399 e. The zero-order valence-electron chi connectivity index (χ0n) is 16.7. The Bertz CT molecular complexity index is 1140. The van der Waals surface area contributed by atoms with Crippen LogP contribution in [0.3, 0.4) is 0 Å². The molecule has 0 aliphatic heterocycles. The lowest BCUT2D eigenvalue weighted by molar-refractivity contribution is 0.867. The van der Waals surface area contributed by atoms with Crippen molar-refractivity contribution in [3.8, 4) is 22.0 Å². The maximum Gasteiger partial charge on any atom is 0.137 e. The first-order valence-electron chi connectivity index (χ1n) is 9.57. The third-order valence-electron chi connectivity index (χ3n) is 5.04. The molecule has 1 aromatic carbocycles. The molecule has 0 aliphatic rings. The molecule has 0 atom stereocenters. The molecule has 28 heavy (non-hydrogen) atoms. The summed E-state index contributed by atoms with van der Waals surface area (Å²) >= 11 is 1.65. The van der Waals surface area contributed by atoms with Gasteiger partial charge in [0.25, 0.3) is 0 Å². The van der Waals surface area contributed by atoms with Gasteiger partial charge in [0.05, 0.1) is 11.4 Å². The fourth-order valence-corrected chi connectivity index (χ4v) is 4.48. The number of benzene rings is 1. The van der Waals surface area contributed by atoms with Gasteiger partial charge in [0.1, 0.15) is 16.3 Å². The van der Waals surface area contributed by atoms with Gasteiger partial charge in [-0.15, -0.1) is 11.3 Å². The second-order valence-corrected chi connectivity index (χ2v) is 7.83. The van der Waals surface area contributed by atoms with Crippen LogP contribution in [0.25, 0.3) is 27.6 Å². The van der Waals surface area contributed by atoms with Gasteiger partial charge in [0, 0.05) is 41.6 Å². The minimum atomic E-state index is 0.754. The summed E-state index contributed by atoms with van der Waals surface area (Å²) in [4.78, 5) is 12.0. The molecule has 0 unspecified atom stereocenters. The fraction of sp³-hybridized carbons (Fsp3) is 0.273. The lowest BCUT2D eigenvalue weighted by atomic mass is 10.1. The number of nitrogens with zero attached hydrogens (tertiary/aromatic N) is 4. The Morgan fingerprint density at radius 3 is 2.61 bits per heavy atom. The van der Waals surface area contributed by atoms with Crippen LogP contribution < -0.4 is 10.6 Å². The molecule has 0 bridgehead atoms. The summed E-state index contributed by atoms with van der Waals surface area (Å²) in [6, 6.07) is 10.2. The van der Waals surface area contributed by atoms with Crippen LogP contribution in [-0.4, -0.2) is 27.5 Å². The number of imidazole rings is 1.